The van der Waals surface area contributed by atoms with Gasteiger partial charge in [-0.25, -0.2) is 0 Å². The van der Waals surface area contributed by atoms with Crippen molar-refractivity contribution in [2.45, 2.75) is 6.10 Å². The van der Waals surface area contributed by atoms with Crippen molar-refractivity contribution in [1.82, 2.24) is 5.32 Å². The number of hydrogen-bond acceptors (Lipinski definition) is 4. The van der Waals surface area contributed by atoms with E-state index in [9.17, 15) is 4.79 Å². The van der Waals surface area contributed by atoms with Crippen LogP contribution >= 0.6 is 15.9 Å². The molecule has 1 unspecified atom stereocenters. The molecule has 1 saturated heterocycles. The van der Waals surface area contributed by atoms with E-state index in [0.717, 1.165) is 11.0 Å². The molecule has 1 aromatic carbocycles. The lowest BCUT2D eigenvalue weighted by Gasteiger charge is -2.22. The summed E-state index contributed by atoms with van der Waals surface area (Å²) in [4.78, 5) is 11.9. The number of rotatable bonds is 2. The summed E-state index contributed by atoms with van der Waals surface area (Å²) in [5.41, 5.74) is 0.918. The number of nitriles is 1. The SMILES string of the molecule is N#Cc1cc(Br)ccc1NC(=O)C1CNCCO1. The second-order valence-corrected chi connectivity index (χ2v) is 4.77. The van der Waals surface area contributed by atoms with Crippen molar-refractivity contribution in [2.75, 3.05) is 25.0 Å². The van der Waals surface area contributed by atoms with E-state index in [1.165, 1.54) is 0 Å². The van der Waals surface area contributed by atoms with Crippen LogP contribution in [0.3, 0.4) is 0 Å². The fourth-order valence-electron chi connectivity index (χ4n) is 1.67. The molecule has 1 heterocycles. The number of ether oxygens (including phenoxy) is 1. The van der Waals surface area contributed by atoms with Gasteiger partial charge in [0.25, 0.3) is 5.91 Å². The van der Waals surface area contributed by atoms with Gasteiger partial charge in [0.1, 0.15) is 12.2 Å². The van der Waals surface area contributed by atoms with Crippen LogP contribution in [0.2, 0.25) is 0 Å². The van der Waals surface area contributed by atoms with Gasteiger partial charge in [-0.3, -0.25) is 4.79 Å². The Balaban J connectivity index is 2.09. The lowest BCUT2D eigenvalue weighted by atomic mass is 10.2. The summed E-state index contributed by atoms with van der Waals surface area (Å²) in [6.45, 7) is 1.76. The fourth-order valence-corrected chi connectivity index (χ4v) is 2.03. The number of carbonyl (C=O) groups is 1. The predicted octanol–water partition coefficient (Wildman–Crippen LogP) is 1.25. The minimum Gasteiger partial charge on any atom is -0.366 e. The molecule has 1 fully saturated rings. The van der Waals surface area contributed by atoms with E-state index in [2.05, 4.69) is 26.6 Å². The fraction of sp³-hybridized carbons (Fsp3) is 0.333. The van der Waals surface area contributed by atoms with Gasteiger partial charge in [-0.2, -0.15) is 5.26 Å². The Kier molecular flexibility index (Phi) is 4.31. The third-order valence-corrected chi connectivity index (χ3v) is 3.07. The Hall–Kier alpha value is -1.42. The molecule has 1 atom stereocenters. The molecule has 2 rings (SSSR count). The van der Waals surface area contributed by atoms with Gasteiger partial charge in [0, 0.05) is 17.6 Å². The Morgan fingerprint density at radius 1 is 1.61 bits per heavy atom. The number of hydrogen-bond donors (Lipinski definition) is 2. The van der Waals surface area contributed by atoms with Crippen molar-refractivity contribution in [3.05, 3.63) is 28.2 Å². The summed E-state index contributed by atoms with van der Waals surface area (Å²) >= 11 is 3.28. The molecule has 0 radical (unpaired) electrons. The Morgan fingerprint density at radius 2 is 2.44 bits per heavy atom. The highest BCUT2D eigenvalue weighted by Gasteiger charge is 2.22. The van der Waals surface area contributed by atoms with Gasteiger partial charge in [-0.15, -0.1) is 0 Å². The van der Waals surface area contributed by atoms with Crippen molar-refractivity contribution >= 4 is 27.5 Å². The largest absolute Gasteiger partial charge is 0.366 e. The first-order valence-corrected chi connectivity index (χ1v) is 6.33. The summed E-state index contributed by atoms with van der Waals surface area (Å²) < 4.78 is 6.14. The van der Waals surface area contributed by atoms with Gasteiger partial charge in [0.2, 0.25) is 0 Å². The number of halogens is 1. The van der Waals surface area contributed by atoms with Gasteiger partial charge < -0.3 is 15.4 Å². The molecule has 0 aliphatic carbocycles. The highest BCUT2D eigenvalue weighted by Crippen LogP contribution is 2.20. The standard InChI is InChI=1S/C12H12BrN3O2/c13-9-1-2-10(8(5-9)6-14)16-12(17)11-7-15-3-4-18-11/h1-2,5,11,15H,3-4,7H2,(H,16,17). The van der Waals surface area contributed by atoms with Gasteiger partial charge in [0.15, 0.2) is 0 Å². The van der Waals surface area contributed by atoms with E-state index in [1.54, 1.807) is 18.2 Å². The second kappa shape index (κ2) is 5.96. The molecule has 1 aliphatic heterocycles. The third kappa shape index (κ3) is 3.07. The van der Waals surface area contributed by atoms with Gasteiger partial charge >= 0.3 is 0 Å². The molecule has 2 N–H and O–H groups in total. The van der Waals surface area contributed by atoms with Crippen LogP contribution in [0.15, 0.2) is 22.7 Å². The molecule has 18 heavy (non-hydrogen) atoms. The molecule has 0 aromatic heterocycles. The summed E-state index contributed by atoms with van der Waals surface area (Å²) in [7, 11) is 0. The number of nitrogens with zero attached hydrogens (tertiary/aromatic N) is 1. The minimum atomic E-state index is -0.506. The molecule has 6 heteroatoms. The van der Waals surface area contributed by atoms with Crippen LogP contribution in [0.4, 0.5) is 5.69 Å². The maximum absolute atomic E-state index is 11.9. The highest BCUT2D eigenvalue weighted by molar-refractivity contribution is 9.10. The van der Waals surface area contributed by atoms with Crippen LogP contribution in [-0.4, -0.2) is 31.7 Å². The zero-order chi connectivity index (χ0) is 13.0. The van der Waals surface area contributed by atoms with Crippen molar-refractivity contribution in [3.63, 3.8) is 0 Å². The summed E-state index contributed by atoms with van der Waals surface area (Å²) in [5, 5.41) is 14.8. The predicted molar refractivity (Wildman–Crippen MR) is 70.1 cm³/mol. The lowest BCUT2D eigenvalue weighted by molar-refractivity contribution is -0.128. The molecule has 94 valence electrons. The zero-order valence-corrected chi connectivity index (χ0v) is 11.2. The molecular formula is C12H12BrN3O2. The van der Waals surface area contributed by atoms with E-state index in [-0.39, 0.29) is 5.91 Å². The van der Waals surface area contributed by atoms with Crippen molar-refractivity contribution in [2.24, 2.45) is 0 Å². The summed E-state index contributed by atoms with van der Waals surface area (Å²) in [6, 6.07) is 7.17. The van der Waals surface area contributed by atoms with Crippen LogP contribution in [0.1, 0.15) is 5.56 Å². The maximum atomic E-state index is 11.9. The second-order valence-electron chi connectivity index (χ2n) is 3.85. The van der Waals surface area contributed by atoms with Crippen molar-refractivity contribution in [3.8, 4) is 6.07 Å². The van der Waals surface area contributed by atoms with Gasteiger partial charge in [0.05, 0.1) is 17.9 Å². The van der Waals surface area contributed by atoms with Crippen molar-refractivity contribution in [1.29, 1.82) is 5.26 Å². The van der Waals surface area contributed by atoms with E-state index in [0.29, 0.717) is 24.4 Å². The smallest absolute Gasteiger partial charge is 0.254 e. The normalized spacial score (nSPS) is 19.0. The third-order valence-electron chi connectivity index (χ3n) is 2.58. The average Bonchev–Trinajstić information content (AvgIpc) is 2.41. The van der Waals surface area contributed by atoms with Crippen LogP contribution < -0.4 is 10.6 Å². The van der Waals surface area contributed by atoms with E-state index >= 15 is 0 Å². The van der Waals surface area contributed by atoms with E-state index in [4.69, 9.17) is 10.00 Å². The highest BCUT2D eigenvalue weighted by atomic mass is 79.9. The lowest BCUT2D eigenvalue weighted by Crippen LogP contribution is -2.45. The first-order chi connectivity index (χ1) is 8.70. The average molecular weight is 310 g/mol. The quantitative estimate of drug-likeness (QED) is 0.862. The molecule has 1 amide bonds. The first kappa shape index (κ1) is 13.0. The molecule has 0 bridgehead atoms. The van der Waals surface area contributed by atoms with Crippen molar-refractivity contribution < 1.29 is 9.53 Å². The summed E-state index contributed by atoms with van der Waals surface area (Å²) in [5.74, 6) is -0.235. The van der Waals surface area contributed by atoms with Crippen LogP contribution in [-0.2, 0) is 9.53 Å². The number of carbonyl (C=O) groups excluding carboxylic acids is 1. The van der Waals surface area contributed by atoms with Gasteiger partial charge in [-0.1, -0.05) is 15.9 Å². The number of amides is 1. The Labute approximate surface area is 113 Å². The van der Waals surface area contributed by atoms with Crippen LogP contribution in [0, 0.1) is 11.3 Å². The molecule has 1 aromatic rings. The topological polar surface area (TPSA) is 74.2 Å². The number of morpholine rings is 1. The zero-order valence-electron chi connectivity index (χ0n) is 9.57. The number of nitrogens with one attached hydrogen (secondary N) is 2. The molecular weight excluding hydrogens is 298 g/mol. The Bertz CT molecular complexity index is 493. The van der Waals surface area contributed by atoms with Crippen LogP contribution in [0.5, 0.6) is 0 Å². The summed E-state index contributed by atoms with van der Waals surface area (Å²) in [6.07, 6.45) is -0.506. The number of anilines is 1. The first-order valence-electron chi connectivity index (χ1n) is 5.53. The van der Waals surface area contributed by atoms with E-state index < -0.39 is 6.10 Å². The minimum absolute atomic E-state index is 0.235. The van der Waals surface area contributed by atoms with Gasteiger partial charge in [-0.05, 0) is 18.2 Å². The molecule has 5 nitrogen and oxygen atoms in total. The molecule has 0 spiro atoms. The molecule has 0 saturated carbocycles. The number of benzene rings is 1. The molecule has 1 aliphatic rings. The maximum Gasteiger partial charge on any atom is 0.254 e. The van der Waals surface area contributed by atoms with E-state index in [1.807, 2.05) is 6.07 Å². The Morgan fingerprint density at radius 3 is 3.11 bits per heavy atom. The monoisotopic (exact) mass is 309 g/mol. The van der Waals surface area contributed by atoms with Crippen LogP contribution in [0.25, 0.3) is 0 Å².